The number of nitrogens with one attached hydrogen (secondary N) is 3. The number of halogens is 2. The molecule has 3 N–H and O–H groups in total. The van der Waals surface area contributed by atoms with Gasteiger partial charge in [-0.15, -0.1) is 0 Å². The second-order valence-corrected chi connectivity index (χ2v) is 8.46. The molecule has 0 bridgehead atoms. The quantitative estimate of drug-likeness (QED) is 0.419. The Kier molecular flexibility index (Phi) is 6.54. The van der Waals surface area contributed by atoms with Crippen LogP contribution in [0.3, 0.4) is 0 Å². The van der Waals surface area contributed by atoms with Gasteiger partial charge in [0.25, 0.3) is 5.91 Å². The lowest BCUT2D eigenvalue weighted by molar-refractivity contribution is -0.0720. The molecule has 0 unspecified atom stereocenters. The first-order valence-electron chi connectivity index (χ1n) is 11.5. The molecule has 1 aromatic carbocycles. The first-order chi connectivity index (χ1) is 17.1. The van der Waals surface area contributed by atoms with Crippen molar-refractivity contribution in [3.63, 3.8) is 0 Å². The van der Waals surface area contributed by atoms with E-state index < -0.39 is 12.5 Å². The molecular weight excluding hydrogens is 458 g/mol. The molecule has 4 heterocycles. The molecule has 3 aromatic rings. The van der Waals surface area contributed by atoms with E-state index in [0.717, 1.165) is 6.42 Å². The number of ether oxygens (including phenoxy) is 3. The SMILES string of the molecule is COc1c(F)cccc1Nc1c(-c2ccncc2OC[C@@H]2CCO2)[nH]c2c1C(=O)NC[C@H]2CCF. The highest BCUT2D eigenvalue weighted by Crippen LogP contribution is 2.44. The molecule has 1 amide bonds. The van der Waals surface area contributed by atoms with Gasteiger partial charge in [-0.2, -0.15) is 0 Å². The van der Waals surface area contributed by atoms with Gasteiger partial charge in [-0.25, -0.2) is 4.39 Å². The van der Waals surface area contributed by atoms with Crippen LogP contribution in [0.2, 0.25) is 0 Å². The van der Waals surface area contributed by atoms with E-state index in [9.17, 15) is 13.6 Å². The lowest BCUT2D eigenvalue weighted by Crippen LogP contribution is -2.35. The van der Waals surface area contributed by atoms with Crippen LogP contribution in [0.4, 0.5) is 20.2 Å². The zero-order valence-corrected chi connectivity index (χ0v) is 19.2. The Hall–Kier alpha value is -3.66. The number of hydrogen-bond acceptors (Lipinski definition) is 6. The molecule has 0 spiro atoms. The number of nitrogens with zero attached hydrogens (tertiary/aromatic N) is 1. The summed E-state index contributed by atoms with van der Waals surface area (Å²) in [4.78, 5) is 20.6. The van der Waals surface area contributed by atoms with E-state index in [1.807, 2.05) is 0 Å². The minimum Gasteiger partial charge on any atom is -0.492 e. The van der Waals surface area contributed by atoms with Crippen molar-refractivity contribution in [2.75, 3.05) is 38.9 Å². The van der Waals surface area contributed by atoms with Crippen molar-refractivity contribution in [3.05, 3.63) is 53.7 Å². The number of rotatable bonds is 9. The molecule has 10 heteroatoms. The summed E-state index contributed by atoms with van der Waals surface area (Å²) in [5.41, 5.74) is 2.93. The highest BCUT2D eigenvalue weighted by Gasteiger charge is 2.34. The van der Waals surface area contributed by atoms with Gasteiger partial charge in [0.05, 0.1) is 48.7 Å². The van der Waals surface area contributed by atoms with Gasteiger partial charge in [0.2, 0.25) is 0 Å². The van der Waals surface area contributed by atoms with E-state index in [0.29, 0.717) is 59.4 Å². The van der Waals surface area contributed by atoms with Gasteiger partial charge in [0.1, 0.15) is 12.4 Å². The Labute approximate surface area is 201 Å². The maximum absolute atomic E-state index is 14.4. The molecule has 2 aliphatic rings. The van der Waals surface area contributed by atoms with Crippen LogP contribution >= 0.6 is 0 Å². The molecule has 5 rings (SSSR count). The van der Waals surface area contributed by atoms with Gasteiger partial charge in [0, 0.05) is 42.9 Å². The molecule has 2 atom stereocenters. The zero-order chi connectivity index (χ0) is 24.4. The van der Waals surface area contributed by atoms with Gasteiger partial charge >= 0.3 is 0 Å². The van der Waals surface area contributed by atoms with E-state index >= 15 is 0 Å². The van der Waals surface area contributed by atoms with Crippen molar-refractivity contribution in [2.24, 2.45) is 0 Å². The minimum atomic E-state index is -0.545. The van der Waals surface area contributed by atoms with Crippen molar-refractivity contribution in [1.29, 1.82) is 0 Å². The summed E-state index contributed by atoms with van der Waals surface area (Å²) >= 11 is 0. The zero-order valence-electron chi connectivity index (χ0n) is 19.2. The number of anilines is 2. The first-order valence-corrected chi connectivity index (χ1v) is 11.5. The first kappa shape index (κ1) is 23.1. The van der Waals surface area contributed by atoms with Gasteiger partial charge in [-0.05, 0) is 24.6 Å². The fourth-order valence-electron chi connectivity index (χ4n) is 4.42. The number of carbonyl (C=O) groups excluding carboxylic acids is 1. The normalized spacial score (nSPS) is 18.9. The number of carbonyl (C=O) groups is 1. The summed E-state index contributed by atoms with van der Waals surface area (Å²) < 4.78 is 44.5. The number of H-pyrrole nitrogens is 1. The average Bonchev–Trinajstić information content (AvgIpc) is 3.20. The fourth-order valence-corrected chi connectivity index (χ4v) is 4.42. The number of hydrogen-bond donors (Lipinski definition) is 3. The topological polar surface area (TPSA) is 97.5 Å². The third kappa shape index (κ3) is 4.41. The number of alkyl halides is 1. The third-order valence-electron chi connectivity index (χ3n) is 6.33. The molecule has 2 aliphatic heterocycles. The summed E-state index contributed by atoms with van der Waals surface area (Å²) in [6.07, 6.45) is 4.40. The van der Waals surface area contributed by atoms with Crippen molar-refractivity contribution >= 4 is 17.3 Å². The van der Waals surface area contributed by atoms with Gasteiger partial charge in [0.15, 0.2) is 11.6 Å². The van der Waals surface area contributed by atoms with Crippen LogP contribution in [0.5, 0.6) is 11.5 Å². The van der Waals surface area contributed by atoms with Crippen LogP contribution in [-0.4, -0.2) is 55.5 Å². The van der Waals surface area contributed by atoms with Crippen LogP contribution in [-0.2, 0) is 4.74 Å². The summed E-state index contributed by atoms with van der Waals surface area (Å²) in [6, 6.07) is 6.26. The molecule has 35 heavy (non-hydrogen) atoms. The Morgan fingerprint density at radius 3 is 2.91 bits per heavy atom. The van der Waals surface area contributed by atoms with Crippen molar-refractivity contribution in [2.45, 2.75) is 24.9 Å². The maximum Gasteiger partial charge on any atom is 0.255 e. The summed E-state index contributed by atoms with van der Waals surface area (Å²) in [7, 11) is 1.37. The number of pyridine rings is 1. The second kappa shape index (κ2) is 9.91. The molecule has 2 aromatic heterocycles. The fraction of sp³-hybridized carbons (Fsp3) is 0.360. The van der Waals surface area contributed by atoms with E-state index in [1.165, 1.54) is 13.2 Å². The van der Waals surface area contributed by atoms with Crippen LogP contribution in [0.25, 0.3) is 11.3 Å². The lowest BCUT2D eigenvalue weighted by atomic mass is 9.94. The van der Waals surface area contributed by atoms with Crippen LogP contribution in [0.1, 0.15) is 34.8 Å². The second-order valence-electron chi connectivity index (χ2n) is 8.46. The van der Waals surface area contributed by atoms with Crippen molar-refractivity contribution < 1.29 is 27.8 Å². The summed E-state index contributed by atoms with van der Waals surface area (Å²) in [5.74, 6) is -0.589. The van der Waals surface area contributed by atoms with Crippen LogP contribution in [0, 0.1) is 5.82 Å². The number of para-hydroxylation sites is 1. The van der Waals surface area contributed by atoms with Crippen molar-refractivity contribution in [3.8, 4) is 22.8 Å². The van der Waals surface area contributed by atoms with E-state index in [-0.39, 0.29) is 30.1 Å². The van der Waals surface area contributed by atoms with E-state index in [1.54, 1.807) is 30.6 Å². The predicted octanol–water partition coefficient (Wildman–Crippen LogP) is 4.32. The standard InChI is InChI=1S/C25H26F2N4O4/c1-33-24-17(27)3-2-4-18(24)30-23-20-21(14(5-8-26)11-29-25(20)32)31-22(23)16-6-9-28-12-19(16)35-13-15-7-10-34-15/h2-4,6,9,12,14-15,30-31H,5,7-8,10-11,13H2,1H3,(H,29,32)/t14-,15+/m1/s1. The van der Waals surface area contributed by atoms with Gasteiger partial charge in [-0.1, -0.05) is 6.07 Å². The molecule has 184 valence electrons. The number of aromatic amines is 1. The highest BCUT2D eigenvalue weighted by molar-refractivity contribution is 6.07. The summed E-state index contributed by atoms with van der Waals surface area (Å²) in [6.45, 7) is 0.868. The number of benzene rings is 1. The average molecular weight is 485 g/mol. The Balaban J connectivity index is 1.63. The van der Waals surface area contributed by atoms with Crippen LogP contribution in [0.15, 0.2) is 36.7 Å². The van der Waals surface area contributed by atoms with E-state index in [2.05, 4.69) is 20.6 Å². The molecule has 0 aliphatic carbocycles. The van der Waals surface area contributed by atoms with E-state index in [4.69, 9.17) is 14.2 Å². The third-order valence-corrected chi connectivity index (χ3v) is 6.33. The Bertz CT molecular complexity index is 1230. The monoisotopic (exact) mass is 484 g/mol. The highest BCUT2D eigenvalue weighted by atomic mass is 19.1. The largest absolute Gasteiger partial charge is 0.492 e. The molecule has 0 radical (unpaired) electrons. The maximum atomic E-state index is 14.4. The number of fused-ring (bicyclic) bond motifs is 1. The summed E-state index contributed by atoms with van der Waals surface area (Å²) in [5, 5.41) is 6.04. The van der Waals surface area contributed by atoms with Crippen molar-refractivity contribution in [1.82, 2.24) is 15.3 Å². The number of amides is 1. The predicted molar refractivity (Wildman–Crippen MR) is 126 cm³/mol. The molecular formula is C25H26F2N4O4. The molecule has 1 saturated heterocycles. The Morgan fingerprint density at radius 2 is 2.17 bits per heavy atom. The molecule has 0 saturated carbocycles. The van der Waals surface area contributed by atoms with Gasteiger partial charge < -0.3 is 29.8 Å². The number of methoxy groups -OCH3 is 1. The smallest absolute Gasteiger partial charge is 0.255 e. The lowest BCUT2D eigenvalue weighted by Gasteiger charge is -2.26. The molecule has 8 nitrogen and oxygen atoms in total. The molecule has 1 fully saturated rings. The minimum absolute atomic E-state index is 0.0123. The van der Waals surface area contributed by atoms with Crippen LogP contribution < -0.4 is 20.1 Å². The number of aromatic nitrogens is 2. The Morgan fingerprint density at radius 1 is 1.31 bits per heavy atom. The van der Waals surface area contributed by atoms with Gasteiger partial charge in [-0.3, -0.25) is 14.2 Å².